The van der Waals surface area contributed by atoms with Crippen molar-refractivity contribution in [2.45, 2.75) is 6.18 Å². The largest absolute Gasteiger partial charge is 0.416 e. The summed E-state index contributed by atoms with van der Waals surface area (Å²) in [5.74, 6) is 0.340. The first-order valence-corrected chi connectivity index (χ1v) is 4.63. The highest BCUT2D eigenvalue weighted by atomic mass is 19.4. The van der Waals surface area contributed by atoms with Crippen LogP contribution in [-0.2, 0) is 6.18 Å². The van der Waals surface area contributed by atoms with Crippen LogP contribution in [0.25, 0.3) is 6.08 Å². The third-order valence-electron chi connectivity index (χ3n) is 2.08. The molecule has 1 aliphatic rings. The molecular weight excluding hydrogens is 235 g/mol. The molecule has 0 aliphatic carbocycles. The van der Waals surface area contributed by atoms with E-state index in [4.69, 9.17) is 5.21 Å². The Morgan fingerprint density at radius 2 is 1.88 bits per heavy atom. The third kappa shape index (κ3) is 2.76. The van der Waals surface area contributed by atoms with Crippen LogP contribution in [0.5, 0.6) is 0 Å². The van der Waals surface area contributed by atoms with E-state index in [1.54, 1.807) is 0 Å². The monoisotopic (exact) mass is 243 g/mol. The van der Waals surface area contributed by atoms with Crippen molar-refractivity contribution in [3.63, 3.8) is 0 Å². The summed E-state index contributed by atoms with van der Waals surface area (Å²) in [5, 5.41) is 9.56. The minimum absolute atomic E-state index is 0.340. The van der Waals surface area contributed by atoms with Gasteiger partial charge in [0.05, 0.1) is 5.56 Å². The van der Waals surface area contributed by atoms with Crippen LogP contribution in [0.2, 0.25) is 0 Å². The molecule has 0 atom stereocenters. The topological polar surface area (TPSA) is 47.9 Å². The first-order valence-electron chi connectivity index (χ1n) is 4.63. The van der Waals surface area contributed by atoms with Crippen molar-refractivity contribution in [1.29, 1.82) is 0 Å². The zero-order valence-electron chi connectivity index (χ0n) is 8.44. The minimum Gasteiger partial charge on any atom is -0.268 e. The van der Waals surface area contributed by atoms with Crippen LogP contribution < -0.4 is 5.43 Å². The van der Waals surface area contributed by atoms with E-state index in [1.807, 2.05) is 0 Å². The van der Waals surface area contributed by atoms with Crippen molar-refractivity contribution in [2.75, 3.05) is 0 Å². The number of aliphatic imine (C=N–C) groups is 1. The third-order valence-corrected chi connectivity index (χ3v) is 2.08. The number of hydrazine groups is 1. The van der Waals surface area contributed by atoms with E-state index in [9.17, 15) is 13.2 Å². The lowest BCUT2D eigenvalue weighted by atomic mass is 10.1. The fraction of sp³-hybridized carbons (Fsp3) is 0.100. The Bertz CT molecular complexity index is 465. The molecule has 17 heavy (non-hydrogen) atoms. The second-order valence-corrected chi connectivity index (χ2v) is 3.35. The van der Waals surface area contributed by atoms with E-state index >= 15 is 0 Å². The van der Waals surface area contributed by atoms with Gasteiger partial charge in [-0.3, -0.25) is 10.6 Å². The van der Waals surface area contributed by atoms with Crippen LogP contribution in [0.1, 0.15) is 11.1 Å². The number of nitrogens with one attached hydrogen (secondary N) is 1. The maximum absolute atomic E-state index is 12.3. The standard InChI is InChI=1S/C10H8F3N3O/c11-10(12,13)8-3-1-7(2-4-8)5-9-14-6-16(17)15-9/h1-6,15,17H. The van der Waals surface area contributed by atoms with Crippen molar-refractivity contribution in [1.82, 2.24) is 10.6 Å². The maximum Gasteiger partial charge on any atom is 0.416 e. The maximum atomic E-state index is 12.3. The summed E-state index contributed by atoms with van der Waals surface area (Å²) in [6.45, 7) is 0. The highest BCUT2D eigenvalue weighted by Gasteiger charge is 2.29. The van der Waals surface area contributed by atoms with Crippen molar-refractivity contribution < 1.29 is 18.4 Å². The molecule has 0 aromatic heterocycles. The molecule has 1 aromatic carbocycles. The molecule has 0 bridgehead atoms. The second kappa shape index (κ2) is 4.10. The quantitative estimate of drug-likeness (QED) is 0.795. The molecule has 1 aromatic rings. The molecule has 2 rings (SSSR count). The summed E-state index contributed by atoms with van der Waals surface area (Å²) in [4.78, 5) is 3.76. The molecule has 0 spiro atoms. The van der Waals surface area contributed by atoms with E-state index in [-0.39, 0.29) is 0 Å². The zero-order valence-corrected chi connectivity index (χ0v) is 8.44. The molecule has 0 saturated carbocycles. The van der Waals surface area contributed by atoms with Crippen LogP contribution in [0.3, 0.4) is 0 Å². The number of hydrogen-bond donors (Lipinski definition) is 2. The number of hydrogen-bond acceptors (Lipinski definition) is 4. The number of nitrogens with zero attached hydrogens (tertiary/aromatic N) is 2. The Kier molecular flexibility index (Phi) is 2.76. The molecule has 0 fully saturated rings. The van der Waals surface area contributed by atoms with Crippen LogP contribution in [0, 0.1) is 0 Å². The van der Waals surface area contributed by atoms with E-state index in [1.165, 1.54) is 18.2 Å². The number of rotatable bonds is 1. The Hall–Kier alpha value is -2.02. The second-order valence-electron chi connectivity index (χ2n) is 3.35. The first-order chi connectivity index (χ1) is 7.95. The van der Waals surface area contributed by atoms with Crippen LogP contribution in [0.15, 0.2) is 35.1 Å². The van der Waals surface area contributed by atoms with Gasteiger partial charge in [-0.1, -0.05) is 12.1 Å². The van der Waals surface area contributed by atoms with Crippen LogP contribution in [-0.4, -0.2) is 16.7 Å². The summed E-state index contributed by atoms with van der Waals surface area (Å²) < 4.78 is 36.9. The number of alkyl halides is 3. The smallest absolute Gasteiger partial charge is 0.268 e. The van der Waals surface area contributed by atoms with Crippen molar-refractivity contribution in [3.05, 3.63) is 41.2 Å². The van der Waals surface area contributed by atoms with Gasteiger partial charge < -0.3 is 0 Å². The summed E-state index contributed by atoms with van der Waals surface area (Å²) in [6.07, 6.45) is -1.69. The zero-order chi connectivity index (χ0) is 12.5. The molecule has 0 unspecified atom stereocenters. The average molecular weight is 243 g/mol. The van der Waals surface area contributed by atoms with Crippen molar-refractivity contribution in [2.24, 2.45) is 4.99 Å². The summed E-state index contributed by atoms with van der Waals surface area (Å²) >= 11 is 0. The van der Waals surface area contributed by atoms with E-state index < -0.39 is 11.7 Å². The fourth-order valence-corrected chi connectivity index (χ4v) is 1.29. The number of benzene rings is 1. The molecule has 90 valence electrons. The first kappa shape index (κ1) is 11.5. The van der Waals surface area contributed by atoms with Gasteiger partial charge in [-0.25, -0.2) is 4.99 Å². The molecule has 7 heteroatoms. The van der Waals surface area contributed by atoms with Gasteiger partial charge in [-0.15, -0.1) is 0 Å². The molecule has 1 heterocycles. The predicted octanol–water partition coefficient (Wildman–Crippen LogP) is 2.24. The van der Waals surface area contributed by atoms with Gasteiger partial charge >= 0.3 is 6.18 Å². The number of hydroxylamine groups is 1. The molecule has 0 saturated heterocycles. The van der Waals surface area contributed by atoms with Gasteiger partial charge in [-0.05, 0) is 23.8 Å². The lowest BCUT2D eigenvalue weighted by Crippen LogP contribution is -2.26. The van der Waals surface area contributed by atoms with Crippen molar-refractivity contribution in [3.8, 4) is 0 Å². The predicted molar refractivity (Wildman–Crippen MR) is 54.7 cm³/mol. The molecule has 4 nitrogen and oxygen atoms in total. The SMILES string of the molecule is ON1C=NC(=Cc2ccc(C(F)(F)F)cc2)N1. The van der Waals surface area contributed by atoms with Gasteiger partial charge in [-0.2, -0.15) is 18.3 Å². The summed E-state index contributed by atoms with van der Waals surface area (Å²) in [5.41, 5.74) is 2.30. The van der Waals surface area contributed by atoms with E-state index in [0.717, 1.165) is 18.5 Å². The Balaban J connectivity index is 2.17. The van der Waals surface area contributed by atoms with Crippen LogP contribution in [0.4, 0.5) is 13.2 Å². The lowest BCUT2D eigenvalue weighted by molar-refractivity contribution is -0.137. The average Bonchev–Trinajstić information content (AvgIpc) is 2.63. The minimum atomic E-state index is -4.34. The lowest BCUT2D eigenvalue weighted by Gasteiger charge is -2.07. The molecule has 1 aliphatic heterocycles. The van der Waals surface area contributed by atoms with Crippen LogP contribution >= 0.6 is 0 Å². The molecular formula is C10H8F3N3O. The van der Waals surface area contributed by atoms with E-state index in [0.29, 0.717) is 16.6 Å². The fourth-order valence-electron chi connectivity index (χ4n) is 1.29. The van der Waals surface area contributed by atoms with Gasteiger partial charge in [0.25, 0.3) is 0 Å². The molecule has 0 amide bonds. The van der Waals surface area contributed by atoms with Gasteiger partial charge in [0.2, 0.25) is 0 Å². The van der Waals surface area contributed by atoms with Gasteiger partial charge in [0.1, 0.15) is 12.2 Å². The highest BCUT2D eigenvalue weighted by Crippen LogP contribution is 2.29. The Morgan fingerprint density at radius 3 is 2.35 bits per heavy atom. The molecule has 0 radical (unpaired) electrons. The van der Waals surface area contributed by atoms with Gasteiger partial charge in [0, 0.05) is 0 Å². The Labute approximate surface area is 94.6 Å². The van der Waals surface area contributed by atoms with E-state index in [2.05, 4.69) is 10.4 Å². The summed E-state index contributed by atoms with van der Waals surface area (Å²) in [6, 6.07) is 4.63. The summed E-state index contributed by atoms with van der Waals surface area (Å²) in [7, 11) is 0. The Morgan fingerprint density at radius 1 is 1.24 bits per heavy atom. The van der Waals surface area contributed by atoms with Crippen molar-refractivity contribution >= 4 is 12.4 Å². The van der Waals surface area contributed by atoms with Gasteiger partial charge in [0.15, 0.2) is 0 Å². The molecule has 2 N–H and O–H groups in total. The normalized spacial score (nSPS) is 17.6. The highest BCUT2D eigenvalue weighted by molar-refractivity contribution is 5.63. The number of halogens is 3.